The summed E-state index contributed by atoms with van der Waals surface area (Å²) in [4.78, 5) is 0. The van der Waals surface area contributed by atoms with Crippen molar-refractivity contribution in [1.82, 2.24) is 0 Å². The molecular formula is C14H12BrClFN. The van der Waals surface area contributed by atoms with Crippen LogP contribution < -0.4 is 5.73 Å². The minimum atomic E-state index is -0.445. The van der Waals surface area contributed by atoms with Crippen molar-refractivity contribution in [3.63, 3.8) is 0 Å². The fraction of sp³-hybridized carbons (Fsp3) is 0.143. The Morgan fingerprint density at radius 1 is 1.17 bits per heavy atom. The van der Waals surface area contributed by atoms with Crippen molar-refractivity contribution < 1.29 is 4.39 Å². The molecule has 1 atom stereocenters. The number of rotatable bonds is 3. The second kappa shape index (κ2) is 5.83. The maximum Gasteiger partial charge on any atom is 0.129 e. The van der Waals surface area contributed by atoms with Gasteiger partial charge in [-0.1, -0.05) is 45.7 Å². The highest BCUT2D eigenvalue weighted by molar-refractivity contribution is 9.10. The SMILES string of the molecule is NC(Cc1ccc(Br)cc1)c1c(F)cccc1Cl. The Morgan fingerprint density at radius 2 is 1.83 bits per heavy atom. The van der Waals surface area contributed by atoms with Crippen LogP contribution in [0.3, 0.4) is 0 Å². The minimum absolute atomic E-state index is 0.355. The lowest BCUT2D eigenvalue weighted by atomic mass is 9.99. The molecule has 0 saturated carbocycles. The van der Waals surface area contributed by atoms with Crippen LogP contribution in [0.25, 0.3) is 0 Å². The molecule has 0 amide bonds. The molecule has 1 nitrogen and oxygen atoms in total. The van der Waals surface area contributed by atoms with Gasteiger partial charge in [-0.05, 0) is 36.2 Å². The molecule has 0 aliphatic carbocycles. The molecule has 0 bridgehead atoms. The van der Waals surface area contributed by atoms with E-state index in [1.54, 1.807) is 12.1 Å². The average molecular weight is 329 g/mol. The Balaban J connectivity index is 2.22. The van der Waals surface area contributed by atoms with Gasteiger partial charge in [-0.3, -0.25) is 0 Å². The third-order valence-electron chi connectivity index (χ3n) is 2.74. The van der Waals surface area contributed by atoms with Crippen LogP contribution in [0.15, 0.2) is 46.9 Å². The van der Waals surface area contributed by atoms with Gasteiger partial charge in [-0.25, -0.2) is 4.39 Å². The molecular weight excluding hydrogens is 317 g/mol. The summed E-state index contributed by atoms with van der Waals surface area (Å²) in [7, 11) is 0. The van der Waals surface area contributed by atoms with Crippen LogP contribution >= 0.6 is 27.5 Å². The van der Waals surface area contributed by atoms with E-state index in [1.807, 2.05) is 24.3 Å². The lowest BCUT2D eigenvalue weighted by Crippen LogP contribution is -2.15. The molecule has 0 spiro atoms. The molecule has 2 N–H and O–H groups in total. The van der Waals surface area contributed by atoms with Gasteiger partial charge in [0.2, 0.25) is 0 Å². The van der Waals surface area contributed by atoms with Gasteiger partial charge in [0.25, 0.3) is 0 Å². The zero-order chi connectivity index (χ0) is 13.1. The second-order valence-electron chi connectivity index (χ2n) is 4.07. The summed E-state index contributed by atoms with van der Waals surface area (Å²) < 4.78 is 14.7. The van der Waals surface area contributed by atoms with Gasteiger partial charge < -0.3 is 5.73 Å². The van der Waals surface area contributed by atoms with Gasteiger partial charge in [0.1, 0.15) is 5.82 Å². The van der Waals surface area contributed by atoms with Crippen molar-refractivity contribution in [3.8, 4) is 0 Å². The van der Waals surface area contributed by atoms with E-state index in [9.17, 15) is 4.39 Å². The van der Waals surface area contributed by atoms with Crippen molar-refractivity contribution in [3.05, 3.63) is 68.9 Å². The molecule has 4 heteroatoms. The molecule has 2 aromatic rings. The molecule has 0 aliphatic heterocycles. The fourth-order valence-corrected chi connectivity index (χ4v) is 2.41. The van der Waals surface area contributed by atoms with E-state index in [2.05, 4.69) is 15.9 Å². The van der Waals surface area contributed by atoms with Crippen LogP contribution in [-0.2, 0) is 6.42 Å². The highest BCUT2D eigenvalue weighted by Gasteiger charge is 2.15. The summed E-state index contributed by atoms with van der Waals surface area (Å²) in [6.45, 7) is 0. The van der Waals surface area contributed by atoms with Crippen LogP contribution in [-0.4, -0.2) is 0 Å². The largest absolute Gasteiger partial charge is 0.324 e. The summed E-state index contributed by atoms with van der Waals surface area (Å²) in [6, 6.07) is 11.9. The molecule has 0 heterocycles. The van der Waals surface area contributed by atoms with Crippen LogP contribution in [0.2, 0.25) is 5.02 Å². The Kier molecular flexibility index (Phi) is 4.38. The van der Waals surface area contributed by atoms with Crippen molar-refractivity contribution >= 4 is 27.5 Å². The molecule has 0 saturated heterocycles. The Morgan fingerprint density at radius 3 is 2.44 bits per heavy atom. The van der Waals surface area contributed by atoms with Crippen molar-refractivity contribution in [2.24, 2.45) is 5.73 Å². The first-order chi connectivity index (χ1) is 8.58. The van der Waals surface area contributed by atoms with E-state index in [1.165, 1.54) is 6.07 Å². The highest BCUT2D eigenvalue weighted by atomic mass is 79.9. The van der Waals surface area contributed by atoms with E-state index < -0.39 is 6.04 Å². The molecule has 0 radical (unpaired) electrons. The van der Waals surface area contributed by atoms with E-state index in [0.717, 1.165) is 10.0 Å². The number of benzene rings is 2. The smallest absolute Gasteiger partial charge is 0.129 e. The molecule has 0 aromatic heterocycles. The van der Waals surface area contributed by atoms with Crippen LogP contribution in [0.4, 0.5) is 4.39 Å². The van der Waals surface area contributed by atoms with Gasteiger partial charge in [-0.15, -0.1) is 0 Å². The lowest BCUT2D eigenvalue weighted by Gasteiger charge is -2.14. The van der Waals surface area contributed by atoms with E-state index in [4.69, 9.17) is 17.3 Å². The summed E-state index contributed by atoms with van der Waals surface area (Å²) in [6.07, 6.45) is 0.550. The number of nitrogens with two attached hydrogens (primary N) is 1. The van der Waals surface area contributed by atoms with Crippen molar-refractivity contribution in [2.45, 2.75) is 12.5 Å². The van der Waals surface area contributed by atoms with E-state index in [0.29, 0.717) is 17.0 Å². The summed E-state index contributed by atoms with van der Waals surface area (Å²) >= 11 is 9.36. The average Bonchev–Trinajstić information content (AvgIpc) is 2.32. The predicted octanol–water partition coefficient (Wildman–Crippen LogP) is 4.48. The van der Waals surface area contributed by atoms with Gasteiger partial charge in [0.05, 0.1) is 0 Å². The topological polar surface area (TPSA) is 26.0 Å². The molecule has 0 aliphatic rings. The zero-order valence-corrected chi connectivity index (χ0v) is 11.9. The number of hydrogen-bond acceptors (Lipinski definition) is 1. The summed E-state index contributed by atoms with van der Waals surface area (Å²) in [5.74, 6) is -0.355. The number of hydrogen-bond donors (Lipinski definition) is 1. The van der Waals surface area contributed by atoms with Crippen LogP contribution in [0.5, 0.6) is 0 Å². The maximum absolute atomic E-state index is 13.7. The molecule has 0 fully saturated rings. The zero-order valence-electron chi connectivity index (χ0n) is 9.54. The minimum Gasteiger partial charge on any atom is -0.324 e. The first kappa shape index (κ1) is 13.5. The fourth-order valence-electron chi connectivity index (χ4n) is 1.84. The molecule has 94 valence electrons. The van der Waals surface area contributed by atoms with Gasteiger partial charge >= 0.3 is 0 Å². The third-order valence-corrected chi connectivity index (χ3v) is 3.60. The molecule has 1 unspecified atom stereocenters. The number of halogens is 3. The normalized spacial score (nSPS) is 12.4. The first-order valence-corrected chi connectivity index (χ1v) is 6.69. The third kappa shape index (κ3) is 3.10. The van der Waals surface area contributed by atoms with Gasteiger partial charge in [0.15, 0.2) is 0 Å². The standard InChI is InChI=1S/C14H12BrClFN/c15-10-6-4-9(5-7-10)8-13(18)14-11(16)2-1-3-12(14)17/h1-7,13H,8,18H2. The van der Waals surface area contributed by atoms with Crippen molar-refractivity contribution in [1.29, 1.82) is 0 Å². The molecule has 2 rings (SSSR count). The van der Waals surface area contributed by atoms with E-state index in [-0.39, 0.29) is 5.82 Å². The molecule has 2 aromatic carbocycles. The maximum atomic E-state index is 13.7. The highest BCUT2D eigenvalue weighted by Crippen LogP contribution is 2.27. The van der Waals surface area contributed by atoms with Crippen LogP contribution in [0.1, 0.15) is 17.2 Å². The monoisotopic (exact) mass is 327 g/mol. The Bertz CT molecular complexity index is 522. The van der Waals surface area contributed by atoms with E-state index >= 15 is 0 Å². The quantitative estimate of drug-likeness (QED) is 0.883. The predicted molar refractivity (Wildman–Crippen MR) is 76.2 cm³/mol. The Labute approximate surface area is 119 Å². The van der Waals surface area contributed by atoms with Crippen molar-refractivity contribution in [2.75, 3.05) is 0 Å². The summed E-state index contributed by atoms with van der Waals surface area (Å²) in [5.41, 5.74) is 7.45. The molecule has 18 heavy (non-hydrogen) atoms. The van der Waals surface area contributed by atoms with Gasteiger partial charge in [0, 0.05) is 21.1 Å². The lowest BCUT2D eigenvalue weighted by molar-refractivity contribution is 0.580. The van der Waals surface area contributed by atoms with Crippen LogP contribution in [0, 0.1) is 5.82 Å². The Hall–Kier alpha value is -0.900. The second-order valence-corrected chi connectivity index (χ2v) is 5.40. The van der Waals surface area contributed by atoms with Gasteiger partial charge in [-0.2, -0.15) is 0 Å². The summed E-state index contributed by atoms with van der Waals surface area (Å²) in [5, 5.41) is 0.375. The first-order valence-electron chi connectivity index (χ1n) is 5.52.